The van der Waals surface area contributed by atoms with Crippen molar-refractivity contribution in [2.75, 3.05) is 0 Å². The van der Waals surface area contributed by atoms with Gasteiger partial charge in [-0.1, -0.05) is 140 Å². The van der Waals surface area contributed by atoms with E-state index < -0.39 is 0 Å². The minimum atomic E-state index is 0.689. The van der Waals surface area contributed by atoms with Crippen LogP contribution < -0.4 is 0 Å². The van der Waals surface area contributed by atoms with Crippen molar-refractivity contribution in [1.82, 2.24) is 24.9 Å². The van der Waals surface area contributed by atoms with Gasteiger partial charge in [-0.15, -0.1) is 0 Å². The number of nitrogens with zero attached hydrogens (tertiary/aromatic N) is 5. The van der Waals surface area contributed by atoms with E-state index in [2.05, 4.69) is 102 Å². The van der Waals surface area contributed by atoms with E-state index in [1.165, 1.54) is 0 Å². The van der Waals surface area contributed by atoms with Crippen LogP contribution in [-0.2, 0) is 0 Å². The molecule has 0 aliphatic carbocycles. The molecule has 57 heavy (non-hydrogen) atoms. The summed E-state index contributed by atoms with van der Waals surface area (Å²) in [6, 6.07) is 58.1. The molecule has 0 aliphatic rings. The first-order valence-corrected chi connectivity index (χ1v) is 18.9. The fourth-order valence-electron chi connectivity index (χ4n) is 7.77. The van der Waals surface area contributed by atoms with E-state index in [1.807, 2.05) is 85.2 Å². The van der Waals surface area contributed by atoms with Crippen LogP contribution in [0, 0.1) is 0 Å². The van der Waals surface area contributed by atoms with Crippen molar-refractivity contribution >= 4 is 43.7 Å². The van der Waals surface area contributed by atoms with Gasteiger partial charge in [0.1, 0.15) is 16.7 Å². The zero-order valence-electron chi connectivity index (χ0n) is 30.5. The summed E-state index contributed by atoms with van der Waals surface area (Å²) in [5, 5.41) is 4.07. The maximum atomic E-state index is 6.60. The fraction of sp³-hybridized carbons (Fsp3) is 0. The molecule has 266 valence electrons. The Hall–Kier alpha value is -7.83. The summed E-state index contributed by atoms with van der Waals surface area (Å²) in [6.07, 6.45) is 5.61. The summed E-state index contributed by atoms with van der Waals surface area (Å²) in [5.41, 5.74) is 14.0. The highest BCUT2D eigenvalue weighted by Crippen LogP contribution is 2.41. The van der Waals surface area contributed by atoms with Gasteiger partial charge >= 0.3 is 0 Å². The average molecular weight is 730 g/mol. The SMILES string of the molecule is c1ccc(-c2cc(-c3ccc(-c4cnc5c(c4)nc(-c4ccc(-c6cccnc6)cc4)c4ccc6c7ccccc7oc6c45)cc3)nc(-c3ccccc3)n2)cc1. The highest BCUT2D eigenvalue weighted by molar-refractivity contribution is 6.24. The number of aromatic nitrogens is 5. The quantitative estimate of drug-likeness (QED) is 0.159. The number of hydrogen-bond donors (Lipinski definition) is 0. The van der Waals surface area contributed by atoms with Crippen LogP contribution in [0.1, 0.15) is 0 Å². The second kappa shape index (κ2) is 13.5. The van der Waals surface area contributed by atoms with Gasteiger partial charge in [0.15, 0.2) is 5.82 Å². The van der Waals surface area contributed by atoms with E-state index in [4.69, 9.17) is 24.4 Å². The third-order valence-electron chi connectivity index (χ3n) is 10.6. The van der Waals surface area contributed by atoms with Gasteiger partial charge in [-0.3, -0.25) is 9.97 Å². The van der Waals surface area contributed by atoms with Crippen LogP contribution in [0.2, 0.25) is 0 Å². The van der Waals surface area contributed by atoms with E-state index in [1.54, 1.807) is 6.20 Å². The van der Waals surface area contributed by atoms with Crippen molar-refractivity contribution in [2.45, 2.75) is 0 Å². The van der Waals surface area contributed by atoms with Crippen LogP contribution in [0.15, 0.2) is 193 Å². The fourth-order valence-corrected chi connectivity index (χ4v) is 7.77. The van der Waals surface area contributed by atoms with Gasteiger partial charge in [-0.05, 0) is 47.0 Å². The molecule has 0 radical (unpaired) electrons. The van der Waals surface area contributed by atoms with E-state index in [9.17, 15) is 0 Å². The van der Waals surface area contributed by atoms with Gasteiger partial charge in [0.25, 0.3) is 0 Å². The lowest BCUT2D eigenvalue weighted by atomic mass is 9.97. The van der Waals surface area contributed by atoms with Gasteiger partial charge in [-0.25, -0.2) is 15.0 Å². The van der Waals surface area contributed by atoms with Crippen molar-refractivity contribution in [3.05, 3.63) is 188 Å². The molecule has 0 spiro atoms. The predicted octanol–water partition coefficient (Wildman–Crippen LogP) is 12.9. The number of para-hydroxylation sites is 1. The first-order chi connectivity index (χ1) is 28.2. The lowest BCUT2D eigenvalue weighted by Crippen LogP contribution is -1.96. The standard InChI is InChI=1S/C51H31N5O/c1-3-10-34(11-4-1)43-29-44(56-51(55-43)37-12-5-2-6-13-37)35-21-17-33(18-22-35)39-28-45-49(53-31-39)47-42(26-25-41-40-15-7-8-16-46(40)57-50(41)47)48(54-45)36-23-19-32(20-24-36)38-14-9-27-52-30-38/h1-31H. The largest absolute Gasteiger partial charge is 0.455 e. The molecule has 0 amide bonds. The molecule has 0 saturated carbocycles. The smallest absolute Gasteiger partial charge is 0.160 e. The molecule has 5 heterocycles. The second-order valence-electron chi connectivity index (χ2n) is 14.1. The minimum Gasteiger partial charge on any atom is -0.455 e. The third kappa shape index (κ3) is 5.79. The van der Waals surface area contributed by atoms with Crippen molar-refractivity contribution in [3.8, 4) is 67.4 Å². The molecule has 11 rings (SSSR count). The van der Waals surface area contributed by atoms with Gasteiger partial charge in [-0.2, -0.15) is 0 Å². The molecule has 0 bridgehead atoms. The van der Waals surface area contributed by atoms with Crippen molar-refractivity contribution < 1.29 is 4.42 Å². The van der Waals surface area contributed by atoms with Gasteiger partial charge in [0, 0.05) is 62.6 Å². The van der Waals surface area contributed by atoms with E-state index >= 15 is 0 Å². The molecule has 0 fully saturated rings. The summed E-state index contributed by atoms with van der Waals surface area (Å²) in [5.74, 6) is 0.689. The zero-order valence-corrected chi connectivity index (χ0v) is 30.5. The summed E-state index contributed by atoms with van der Waals surface area (Å²) in [7, 11) is 0. The van der Waals surface area contributed by atoms with Crippen LogP contribution in [0.25, 0.3) is 111 Å². The van der Waals surface area contributed by atoms with E-state index in [0.717, 1.165) is 105 Å². The lowest BCUT2D eigenvalue weighted by molar-refractivity contribution is 0.673. The van der Waals surface area contributed by atoms with E-state index in [0.29, 0.717) is 5.82 Å². The second-order valence-corrected chi connectivity index (χ2v) is 14.1. The Balaban J connectivity index is 1.04. The Morgan fingerprint density at radius 1 is 0.404 bits per heavy atom. The van der Waals surface area contributed by atoms with Crippen LogP contribution >= 0.6 is 0 Å². The molecule has 6 aromatic carbocycles. The number of furan rings is 1. The number of rotatable bonds is 6. The van der Waals surface area contributed by atoms with Gasteiger partial charge < -0.3 is 4.42 Å². The first kappa shape index (κ1) is 32.6. The molecule has 6 heteroatoms. The van der Waals surface area contributed by atoms with Crippen LogP contribution in [0.5, 0.6) is 0 Å². The molecule has 0 atom stereocenters. The average Bonchev–Trinajstić information content (AvgIpc) is 3.68. The van der Waals surface area contributed by atoms with Gasteiger partial charge in [0.2, 0.25) is 0 Å². The van der Waals surface area contributed by atoms with Gasteiger partial charge in [0.05, 0.1) is 28.0 Å². The summed E-state index contributed by atoms with van der Waals surface area (Å²) in [4.78, 5) is 24.7. The van der Waals surface area contributed by atoms with Crippen molar-refractivity contribution in [3.63, 3.8) is 0 Å². The lowest BCUT2D eigenvalue weighted by Gasteiger charge is -2.12. The molecular weight excluding hydrogens is 699 g/mol. The zero-order chi connectivity index (χ0) is 37.7. The normalized spacial score (nSPS) is 11.5. The molecule has 6 nitrogen and oxygen atoms in total. The Morgan fingerprint density at radius 3 is 1.75 bits per heavy atom. The summed E-state index contributed by atoms with van der Waals surface area (Å²) >= 11 is 0. The molecule has 0 saturated heterocycles. The highest BCUT2D eigenvalue weighted by Gasteiger charge is 2.19. The Bertz CT molecular complexity index is 3200. The number of pyridine rings is 3. The number of fused-ring (bicyclic) bond motifs is 7. The maximum absolute atomic E-state index is 6.60. The molecule has 5 aromatic heterocycles. The number of hydrogen-bond acceptors (Lipinski definition) is 6. The molecule has 11 aromatic rings. The monoisotopic (exact) mass is 729 g/mol. The van der Waals surface area contributed by atoms with Crippen LogP contribution in [0.3, 0.4) is 0 Å². The Morgan fingerprint density at radius 2 is 1.02 bits per heavy atom. The number of benzene rings is 6. The van der Waals surface area contributed by atoms with Crippen molar-refractivity contribution in [2.24, 2.45) is 0 Å². The molecule has 0 aliphatic heterocycles. The summed E-state index contributed by atoms with van der Waals surface area (Å²) < 4.78 is 6.60. The first-order valence-electron chi connectivity index (χ1n) is 18.9. The predicted molar refractivity (Wildman–Crippen MR) is 230 cm³/mol. The van der Waals surface area contributed by atoms with Crippen molar-refractivity contribution in [1.29, 1.82) is 0 Å². The minimum absolute atomic E-state index is 0.689. The maximum Gasteiger partial charge on any atom is 0.160 e. The third-order valence-corrected chi connectivity index (χ3v) is 10.6. The Labute approximate surface area is 327 Å². The highest BCUT2D eigenvalue weighted by atomic mass is 16.3. The topological polar surface area (TPSA) is 77.6 Å². The van der Waals surface area contributed by atoms with Crippen LogP contribution in [-0.4, -0.2) is 24.9 Å². The van der Waals surface area contributed by atoms with E-state index in [-0.39, 0.29) is 0 Å². The molecule has 0 unspecified atom stereocenters. The van der Waals surface area contributed by atoms with Crippen LogP contribution in [0.4, 0.5) is 0 Å². The molecular formula is C51H31N5O. The molecule has 0 N–H and O–H groups in total. The summed E-state index contributed by atoms with van der Waals surface area (Å²) in [6.45, 7) is 0. The Kier molecular flexibility index (Phi) is 7.71.